The van der Waals surface area contributed by atoms with Crippen LogP contribution in [0, 0.1) is 0 Å². The lowest BCUT2D eigenvalue weighted by Crippen LogP contribution is -2.49. The summed E-state index contributed by atoms with van der Waals surface area (Å²) < 4.78 is 0. The zero-order chi connectivity index (χ0) is 21.9. The number of likely N-dealkylation sites (tertiary alicyclic amines) is 1. The molecule has 168 valence electrons. The average Bonchev–Trinajstić information content (AvgIpc) is 2.72. The smallest absolute Gasteiger partial charge is 0.251 e. The number of nitrogens with zero attached hydrogens (tertiary/aromatic N) is 3. The van der Waals surface area contributed by atoms with Gasteiger partial charge in [-0.05, 0) is 65.4 Å². The van der Waals surface area contributed by atoms with E-state index in [1.54, 1.807) is 0 Å². The molecule has 1 amide bonds. The number of amides is 1. The van der Waals surface area contributed by atoms with Gasteiger partial charge in [0.25, 0.3) is 5.91 Å². The Hall–Kier alpha value is -2.12. The summed E-state index contributed by atoms with van der Waals surface area (Å²) in [5.74, 6) is 0.811. The van der Waals surface area contributed by atoms with Gasteiger partial charge in [-0.15, -0.1) is 0 Å². The van der Waals surface area contributed by atoms with Gasteiger partial charge in [-0.3, -0.25) is 4.79 Å². The van der Waals surface area contributed by atoms with E-state index in [0.717, 1.165) is 50.5 Å². The summed E-state index contributed by atoms with van der Waals surface area (Å²) in [4.78, 5) is 21.7. The maximum absolute atomic E-state index is 12.4. The first kappa shape index (κ1) is 24.2. The van der Waals surface area contributed by atoms with Gasteiger partial charge in [0.1, 0.15) is 0 Å². The predicted octanol–water partition coefficient (Wildman–Crippen LogP) is 1.91. The monoisotopic (exact) mass is 416 g/mol. The summed E-state index contributed by atoms with van der Waals surface area (Å²) in [5.41, 5.74) is 1.71. The van der Waals surface area contributed by atoms with E-state index >= 15 is 0 Å². The van der Waals surface area contributed by atoms with Crippen molar-refractivity contribution in [3.8, 4) is 0 Å². The van der Waals surface area contributed by atoms with Crippen LogP contribution in [0.3, 0.4) is 0 Å². The van der Waals surface area contributed by atoms with Gasteiger partial charge in [0.2, 0.25) is 0 Å². The van der Waals surface area contributed by atoms with Crippen molar-refractivity contribution in [3.63, 3.8) is 0 Å². The largest absolute Gasteiger partial charge is 0.357 e. The molecule has 1 aromatic rings. The minimum Gasteiger partial charge on any atom is -0.357 e. The normalized spacial score (nSPS) is 16.2. The molecule has 7 heteroatoms. The Bertz CT molecular complexity index is 680. The molecule has 0 atom stereocenters. The van der Waals surface area contributed by atoms with E-state index in [2.05, 4.69) is 41.6 Å². The summed E-state index contributed by atoms with van der Waals surface area (Å²) in [6.45, 7) is 11.7. The van der Waals surface area contributed by atoms with E-state index in [1.807, 2.05) is 43.3 Å². The predicted molar refractivity (Wildman–Crippen MR) is 125 cm³/mol. The molecule has 0 aromatic heterocycles. The van der Waals surface area contributed by atoms with Crippen molar-refractivity contribution in [2.45, 2.75) is 52.2 Å². The van der Waals surface area contributed by atoms with Crippen LogP contribution in [0.5, 0.6) is 0 Å². The molecule has 2 rings (SSSR count). The number of carbonyl (C=O) groups is 1. The molecule has 0 radical (unpaired) electrons. The number of rotatable bonds is 9. The number of hydrogen-bond acceptors (Lipinski definition) is 4. The molecule has 0 bridgehead atoms. The fourth-order valence-electron chi connectivity index (χ4n) is 3.55. The first-order valence-electron chi connectivity index (χ1n) is 11.2. The quantitative estimate of drug-likeness (QED) is 0.424. The Balaban J connectivity index is 1.92. The average molecular weight is 417 g/mol. The van der Waals surface area contributed by atoms with Crippen molar-refractivity contribution in [2.75, 3.05) is 46.8 Å². The zero-order valence-corrected chi connectivity index (χ0v) is 19.4. The highest BCUT2D eigenvalue weighted by molar-refractivity contribution is 5.94. The van der Waals surface area contributed by atoms with Crippen molar-refractivity contribution in [1.29, 1.82) is 0 Å². The van der Waals surface area contributed by atoms with E-state index in [-0.39, 0.29) is 5.91 Å². The van der Waals surface area contributed by atoms with Crippen molar-refractivity contribution in [3.05, 3.63) is 35.4 Å². The standard InChI is InChI=1S/C23H40N6O/c1-6-24-23(27-21-10-13-29(14-11-21)18(2)3)26-17-19-8-7-9-20(16-19)22(30)25-12-15-28(4)5/h7-9,16,18,21H,6,10-15,17H2,1-5H3,(H,25,30)(H2,24,26,27). The van der Waals surface area contributed by atoms with Crippen LogP contribution in [0.1, 0.15) is 49.5 Å². The molecule has 0 spiro atoms. The Morgan fingerprint density at radius 3 is 2.60 bits per heavy atom. The molecule has 1 saturated heterocycles. The van der Waals surface area contributed by atoms with Crippen LogP contribution < -0.4 is 16.0 Å². The number of carbonyl (C=O) groups excluding carboxylic acids is 1. The van der Waals surface area contributed by atoms with Crippen molar-refractivity contribution in [2.24, 2.45) is 4.99 Å². The topological polar surface area (TPSA) is 72.0 Å². The number of hydrogen-bond donors (Lipinski definition) is 3. The number of likely N-dealkylation sites (N-methyl/N-ethyl adjacent to an activating group) is 1. The molecule has 1 fully saturated rings. The Labute approximate surface area is 182 Å². The van der Waals surface area contributed by atoms with E-state index < -0.39 is 0 Å². The van der Waals surface area contributed by atoms with Crippen molar-refractivity contribution < 1.29 is 4.79 Å². The van der Waals surface area contributed by atoms with E-state index in [9.17, 15) is 4.79 Å². The molecule has 3 N–H and O–H groups in total. The Morgan fingerprint density at radius 1 is 1.23 bits per heavy atom. The molecular formula is C23H40N6O. The maximum atomic E-state index is 12.4. The fourth-order valence-corrected chi connectivity index (χ4v) is 3.55. The third-order valence-corrected chi connectivity index (χ3v) is 5.40. The van der Waals surface area contributed by atoms with Gasteiger partial charge in [0.15, 0.2) is 5.96 Å². The SMILES string of the molecule is CCNC(=NCc1cccc(C(=O)NCCN(C)C)c1)NC1CCN(C(C)C)CC1. The van der Waals surface area contributed by atoms with Crippen molar-refractivity contribution >= 4 is 11.9 Å². The van der Waals surface area contributed by atoms with Crippen LogP contribution >= 0.6 is 0 Å². The maximum Gasteiger partial charge on any atom is 0.251 e. The Kier molecular flexibility index (Phi) is 10.1. The molecule has 0 aliphatic carbocycles. The van der Waals surface area contributed by atoms with E-state index in [0.29, 0.717) is 30.7 Å². The molecule has 7 nitrogen and oxygen atoms in total. The molecular weight excluding hydrogens is 376 g/mol. The molecule has 1 aromatic carbocycles. The van der Waals surface area contributed by atoms with Crippen LogP contribution in [0.15, 0.2) is 29.3 Å². The molecule has 1 heterocycles. The first-order valence-corrected chi connectivity index (χ1v) is 11.2. The van der Waals surface area contributed by atoms with Crippen LogP contribution in [0.25, 0.3) is 0 Å². The van der Waals surface area contributed by atoms with Gasteiger partial charge in [-0.1, -0.05) is 12.1 Å². The van der Waals surface area contributed by atoms with E-state index in [4.69, 9.17) is 4.99 Å². The molecule has 1 aliphatic heterocycles. The fraction of sp³-hybridized carbons (Fsp3) is 0.652. The number of aliphatic imine (C=N–C) groups is 1. The highest BCUT2D eigenvalue weighted by Gasteiger charge is 2.21. The van der Waals surface area contributed by atoms with Gasteiger partial charge in [-0.2, -0.15) is 0 Å². The summed E-state index contributed by atoms with van der Waals surface area (Å²) in [6.07, 6.45) is 2.26. The lowest BCUT2D eigenvalue weighted by Gasteiger charge is -2.35. The second-order valence-corrected chi connectivity index (χ2v) is 8.50. The number of benzene rings is 1. The van der Waals surface area contributed by atoms with Gasteiger partial charge in [0.05, 0.1) is 6.54 Å². The van der Waals surface area contributed by atoms with Crippen LogP contribution in [0.4, 0.5) is 0 Å². The van der Waals surface area contributed by atoms with Crippen molar-refractivity contribution in [1.82, 2.24) is 25.8 Å². The highest BCUT2D eigenvalue weighted by atomic mass is 16.1. The summed E-state index contributed by atoms with van der Waals surface area (Å²) >= 11 is 0. The van der Waals surface area contributed by atoms with Gasteiger partial charge in [0, 0.05) is 50.4 Å². The third kappa shape index (κ3) is 8.32. The summed E-state index contributed by atoms with van der Waals surface area (Å²) in [5, 5.41) is 9.91. The van der Waals surface area contributed by atoms with Crippen LogP contribution in [-0.2, 0) is 6.54 Å². The lowest BCUT2D eigenvalue weighted by atomic mass is 10.0. The first-order chi connectivity index (χ1) is 14.4. The summed E-state index contributed by atoms with van der Waals surface area (Å²) in [6, 6.07) is 8.79. The van der Waals surface area contributed by atoms with E-state index in [1.165, 1.54) is 0 Å². The molecule has 30 heavy (non-hydrogen) atoms. The Morgan fingerprint density at radius 2 is 1.97 bits per heavy atom. The van der Waals surface area contributed by atoms with Gasteiger partial charge < -0.3 is 25.8 Å². The zero-order valence-electron chi connectivity index (χ0n) is 19.4. The third-order valence-electron chi connectivity index (χ3n) is 5.40. The number of guanidine groups is 1. The van der Waals surface area contributed by atoms with Gasteiger partial charge in [-0.25, -0.2) is 4.99 Å². The number of piperidine rings is 1. The lowest BCUT2D eigenvalue weighted by molar-refractivity contribution is 0.0951. The minimum atomic E-state index is -0.0374. The van der Waals surface area contributed by atoms with Gasteiger partial charge >= 0.3 is 0 Å². The second-order valence-electron chi connectivity index (χ2n) is 8.50. The highest BCUT2D eigenvalue weighted by Crippen LogP contribution is 2.13. The van der Waals surface area contributed by atoms with Crippen LogP contribution in [0.2, 0.25) is 0 Å². The minimum absolute atomic E-state index is 0.0374. The second kappa shape index (κ2) is 12.5. The molecule has 0 unspecified atom stereocenters. The summed E-state index contributed by atoms with van der Waals surface area (Å²) in [7, 11) is 3.99. The molecule has 1 aliphatic rings. The molecule has 0 saturated carbocycles. The van der Waals surface area contributed by atoms with Crippen LogP contribution in [-0.4, -0.2) is 80.6 Å². The number of nitrogens with one attached hydrogen (secondary N) is 3.